The molecule has 0 saturated carbocycles. The molecule has 24 heavy (non-hydrogen) atoms. The summed E-state index contributed by atoms with van der Waals surface area (Å²) in [7, 11) is 0. The van der Waals surface area contributed by atoms with Crippen LogP contribution in [0.1, 0.15) is 17.0 Å². The quantitative estimate of drug-likeness (QED) is 0.925. The van der Waals surface area contributed by atoms with E-state index in [0.717, 1.165) is 5.69 Å². The average Bonchev–Trinajstić information content (AvgIpc) is 3.32. The minimum Gasteiger partial charge on any atom is -0.459 e. The van der Waals surface area contributed by atoms with Crippen LogP contribution in [0.2, 0.25) is 0 Å². The van der Waals surface area contributed by atoms with Crippen molar-refractivity contribution in [3.8, 4) is 11.5 Å². The van der Waals surface area contributed by atoms with Crippen LogP contribution in [-0.2, 0) is 4.79 Å². The van der Waals surface area contributed by atoms with Crippen molar-refractivity contribution in [1.29, 1.82) is 0 Å². The lowest BCUT2D eigenvalue weighted by Crippen LogP contribution is -2.31. The fourth-order valence-corrected chi connectivity index (χ4v) is 2.95. The molecule has 0 aliphatic carbocycles. The molecule has 4 rings (SSSR count). The molecule has 3 heterocycles. The van der Waals surface area contributed by atoms with E-state index in [4.69, 9.17) is 13.9 Å². The van der Waals surface area contributed by atoms with Gasteiger partial charge in [-0.15, -0.1) is 0 Å². The minimum atomic E-state index is -0.269. The van der Waals surface area contributed by atoms with E-state index in [1.165, 1.54) is 6.26 Å². The van der Waals surface area contributed by atoms with E-state index < -0.39 is 0 Å². The van der Waals surface area contributed by atoms with Crippen LogP contribution in [0.3, 0.4) is 0 Å². The second kappa shape index (κ2) is 5.92. The Balaban J connectivity index is 1.39. The normalized spacial score (nSPS) is 18.9. The summed E-state index contributed by atoms with van der Waals surface area (Å²) >= 11 is 0. The second-order valence-electron chi connectivity index (χ2n) is 5.80. The number of benzene rings is 1. The third kappa shape index (κ3) is 2.68. The highest BCUT2D eigenvalue weighted by Crippen LogP contribution is 2.37. The zero-order valence-electron chi connectivity index (χ0n) is 12.9. The van der Waals surface area contributed by atoms with Gasteiger partial charge in [-0.1, -0.05) is 0 Å². The summed E-state index contributed by atoms with van der Waals surface area (Å²) in [4.78, 5) is 25.9. The summed E-state index contributed by atoms with van der Waals surface area (Å²) in [6.45, 7) is 1.18. The van der Waals surface area contributed by atoms with Crippen molar-refractivity contribution in [2.45, 2.75) is 6.42 Å². The first-order valence-corrected chi connectivity index (χ1v) is 7.72. The van der Waals surface area contributed by atoms with Gasteiger partial charge in [0.05, 0.1) is 6.26 Å². The monoisotopic (exact) mass is 328 g/mol. The minimum absolute atomic E-state index is 0.0334. The van der Waals surface area contributed by atoms with Gasteiger partial charge in [-0.25, -0.2) is 0 Å². The first-order valence-electron chi connectivity index (χ1n) is 7.72. The number of anilines is 1. The van der Waals surface area contributed by atoms with Gasteiger partial charge in [0.2, 0.25) is 12.7 Å². The van der Waals surface area contributed by atoms with Crippen LogP contribution in [0.15, 0.2) is 41.0 Å². The number of hydrogen-bond donors (Lipinski definition) is 1. The molecular formula is C17H16N2O5. The van der Waals surface area contributed by atoms with E-state index in [9.17, 15) is 9.59 Å². The largest absolute Gasteiger partial charge is 0.459 e. The first kappa shape index (κ1) is 14.6. The van der Waals surface area contributed by atoms with Crippen molar-refractivity contribution in [3.05, 3.63) is 42.4 Å². The standard InChI is InChI=1S/C17H16N2O5/c20-16-6-11(8-18-17(21)14-2-1-5-22-14)9-19(16)12-3-4-13-15(7-12)24-10-23-13/h1-5,7,11H,6,8-10H2,(H,18,21). The van der Waals surface area contributed by atoms with Crippen LogP contribution < -0.4 is 19.7 Å². The zero-order valence-corrected chi connectivity index (χ0v) is 12.9. The molecule has 1 saturated heterocycles. The first-order chi connectivity index (χ1) is 11.7. The molecule has 0 spiro atoms. The number of ether oxygens (including phenoxy) is 2. The smallest absolute Gasteiger partial charge is 0.286 e. The van der Waals surface area contributed by atoms with E-state index in [0.29, 0.717) is 31.0 Å². The van der Waals surface area contributed by atoms with Crippen molar-refractivity contribution in [2.75, 3.05) is 24.8 Å². The zero-order chi connectivity index (χ0) is 16.5. The Labute approximate surface area is 138 Å². The summed E-state index contributed by atoms with van der Waals surface area (Å²) in [5, 5.41) is 2.80. The molecule has 2 amide bonds. The van der Waals surface area contributed by atoms with E-state index in [1.54, 1.807) is 23.1 Å². The summed E-state index contributed by atoms with van der Waals surface area (Å²) in [5.74, 6) is 1.43. The van der Waals surface area contributed by atoms with E-state index in [2.05, 4.69) is 5.32 Å². The van der Waals surface area contributed by atoms with Crippen molar-refractivity contribution in [3.63, 3.8) is 0 Å². The maximum atomic E-state index is 12.3. The topological polar surface area (TPSA) is 81.0 Å². The number of carbonyl (C=O) groups is 2. The number of fused-ring (bicyclic) bond motifs is 1. The van der Waals surface area contributed by atoms with Crippen LogP contribution in [0.4, 0.5) is 5.69 Å². The summed E-state index contributed by atoms with van der Waals surface area (Å²) in [6, 6.07) is 8.72. The van der Waals surface area contributed by atoms with Crippen molar-refractivity contribution < 1.29 is 23.5 Å². The molecule has 1 fully saturated rings. The third-order valence-electron chi connectivity index (χ3n) is 4.17. The predicted octanol–water partition coefficient (Wildman–Crippen LogP) is 1.79. The van der Waals surface area contributed by atoms with Gasteiger partial charge in [0.25, 0.3) is 5.91 Å². The van der Waals surface area contributed by atoms with E-state index in [1.807, 2.05) is 12.1 Å². The maximum absolute atomic E-state index is 12.3. The Morgan fingerprint density at radius 3 is 2.96 bits per heavy atom. The second-order valence-corrected chi connectivity index (χ2v) is 5.80. The predicted molar refractivity (Wildman–Crippen MR) is 84.1 cm³/mol. The summed E-state index contributed by atoms with van der Waals surface area (Å²) < 4.78 is 15.7. The Hall–Kier alpha value is -2.96. The molecule has 0 bridgehead atoms. The molecule has 1 aromatic carbocycles. The van der Waals surface area contributed by atoms with Crippen LogP contribution in [-0.4, -0.2) is 31.7 Å². The summed E-state index contributed by atoms with van der Waals surface area (Å²) in [5.41, 5.74) is 0.782. The number of nitrogens with one attached hydrogen (secondary N) is 1. The van der Waals surface area contributed by atoms with Gasteiger partial charge in [0.1, 0.15) is 0 Å². The molecule has 1 N–H and O–H groups in total. The Bertz CT molecular complexity index is 771. The Morgan fingerprint density at radius 2 is 2.12 bits per heavy atom. The molecule has 1 aromatic heterocycles. The van der Waals surface area contributed by atoms with Crippen molar-refractivity contribution >= 4 is 17.5 Å². The molecule has 7 nitrogen and oxygen atoms in total. The van der Waals surface area contributed by atoms with Gasteiger partial charge in [0, 0.05) is 37.2 Å². The van der Waals surface area contributed by atoms with Gasteiger partial charge >= 0.3 is 0 Å². The number of furan rings is 1. The third-order valence-corrected chi connectivity index (χ3v) is 4.17. The van der Waals surface area contributed by atoms with Crippen LogP contribution in [0, 0.1) is 5.92 Å². The van der Waals surface area contributed by atoms with Crippen LogP contribution in [0.25, 0.3) is 0 Å². The highest BCUT2D eigenvalue weighted by atomic mass is 16.7. The molecule has 2 aliphatic rings. The fraction of sp³-hybridized carbons (Fsp3) is 0.294. The number of amides is 2. The highest BCUT2D eigenvalue weighted by Gasteiger charge is 2.31. The van der Waals surface area contributed by atoms with E-state index >= 15 is 0 Å². The van der Waals surface area contributed by atoms with Crippen molar-refractivity contribution in [1.82, 2.24) is 5.32 Å². The fourth-order valence-electron chi connectivity index (χ4n) is 2.95. The van der Waals surface area contributed by atoms with Gasteiger partial charge in [-0.05, 0) is 24.3 Å². The maximum Gasteiger partial charge on any atom is 0.286 e. The SMILES string of the molecule is O=C(NCC1CC(=O)N(c2ccc3c(c2)OCO3)C1)c1ccco1. The molecule has 124 valence electrons. The van der Waals surface area contributed by atoms with Gasteiger partial charge < -0.3 is 24.1 Å². The molecule has 1 atom stereocenters. The lowest BCUT2D eigenvalue weighted by Gasteiger charge is -2.17. The average molecular weight is 328 g/mol. The van der Waals surface area contributed by atoms with Gasteiger partial charge in [0.15, 0.2) is 17.3 Å². The molecular weight excluding hydrogens is 312 g/mol. The number of hydrogen-bond acceptors (Lipinski definition) is 5. The number of rotatable bonds is 4. The molecule has 7 heteroatoms. The van der Waals surface area contributed by atoms with Gasteiger partial charge in [-0.3, -0.25) is 9.59 Å². The molecule has 0 radical (unpaired) electrons. The lowest BCUT2D eigenvalue weighted by atomic mass is 10.1. The van der Waals surface area contributed by atoms with Crippen LogP contribution in [0.5, 0.6) is 11.5 Å². The van der Waals surface area contributed by atoms with Crippen molar-refractivity contribution in [2.24, 2.45) is 5.92 Å². The molecule has 2 aliphatic heterocycles. The summed E-state index contributed by atoms with van der Waals surface area (Å²) in [6.07, 6.45) is 1.85. The lowest BCUT2D eigenvalue weighted by molar-refractivity contribution is -0.117. The Kier molecular flexibility index (Phi) is 3.60. The molecule has 2 aromatic rings. The number of carbonyl (C=O) groups excluding carboxylic acids is 2. The van der Waals surface area contributed by atoms with Gasteiger partial charge in [-0.2, -0.15) is 0 Å². The highest BCUT2D eigenvalue weighted by molar-refractivity contribution is 5.96. The van der Waals surface area contributed by atoms with Crippen LogP contribution >= 0.6 is 0 Å². The Morgan fingerprint density at radius 1 is 1.25 bits per heavy atom. The number of nitrogens with zero attached hydrogens (tertiary/aromatic N) is 1. The van der Waals surface area contributed by atoms with E-state index in [-0.39, 0.29) is 30.3 Å². The molecule has 1 unspecified atom stereocenters.